The molecule has 2 saturated heterocycles. The lowest BCUT2D eigenvalue weighted by Crippen LogP contribution is -2.51. The van der Waals surface area contributed by atoms with Crippen LogP contribution in [0.2, 0.25) is 0 Å². The highest BCUT2D eigenvalue weighted by molar-refractivity contribution is 5.81. The number of aromatic amines is 1. The molecule has 172 valence electrons. The number of imidazole rings is 1. The summed E-state index contributed by atoms with van der Waals surface area (Å²) < 4.78 is 5.84. The van der Waals surface area contributed by atoms with Gasteiger partial charge in [-0.3, -0.25) is 0 Å². The minimum absolute atomic E-state index is 0. The number of aromatic nitrogens is 4. The summed E-state index contributed by atoms with van der Waals surface area (Å²) in [6, 6.07) is 6.11. The van der Waals surface area contributed by atoms with Gasteiger partial charge in [-0.25, -0.2) is 15.0 Å². The Balaban J connectivity index is 0.00000245. The monoisotopic (exact) mass is 438 g/mol. The van der Waals surface area contributed by atoms with Crippen molar-refractivity contribution in [1.29, 1.82) is 0 Å². The molecule has 2 fully saturated rings. The highest BCUT2D eigenvalue weighted by Gasteiger charge is 2.47. The van der Waals surface area contributed by atoms with Crippen LogP contribution in [-0.2, 0) is 11.3 Å². The summed E-state index contributed by atoms with van der Waals surface area (Å²) in [6.07, 6.45) is 2.03. The molecule has 0 unspecified atom stereocenters. The zero-order valence-corrected chi connectivity index (χ0v) is 18.4. The number of hydrogen-bond acceptors (Lipinski definition) is 7. The van der Waals surface area contributed by atoms with Gasteiger partial charge in [-0.1, -0.05) is 13.5 Å². The predicted octanol–water partition coefficient (Wildman–Crippen LogP) is 3.10. The maximum atomic E-state index is 10.1. The third-order valence-electron chi connectivity index (χ3n) is 7.05. The predicted molar refractivity (Wildman–Crippen MR) is 127 cm³/mol. The summed E-state index contributed by atoms with van der Waals surface area (Å²) in [7, 11) is 0. The lowest BCUT2D eigenvalue weighted by atomic mass is 9.73. The molecule has 2 atom stereocenters. The smallest absolute Gasteiger partial charge is 0.153 e. The molecular formula is C24H34N6O2. The Kier molecular flexibility index (Phi) is 5.96. The fourth-order valence-electron chi connectivity index (χ4n) is 5.10. The molecule has 0 aliphatic carbocycles. The van der Waals surface area contributed by atoms with Crippen molar-refractivity contribution in [3.05, 3.63) is 35.4 Å². The zero-order chi connectivity index (χ0) is 21.8. The fourth-order valence-corrected chi connectivity index (χ4v) is 5.10. The molecule has 2 aliphatic rings. The first-order valence-electron chi connectivity index (χ1n) is 11.0. The van der Waals surface area contributed by atoms with E-state index < -0.39 is 0 Å². The van der Waals surface area contributed by atoms with Crippen LogP contribution in [0.3, 0.4) is 0 Å². The quantitative estimate of drug-likeness (QED) is 0.576. The minimum Gasteiger partial charge on any atom is -0.390 e. The van der Waals surface area contributed by atoms with Crippen molar-refractivity contribution >= 4 is 16.9 Å². The van der Waals surface area contributed by atoms with Crippen molar-refractivity contribution in [3.63, 3.8) is 0 Å². The molecule has 3 aromatic rings. The van der Waals surface area contributed by atoms with Gasteiger partial charge in [-0.05, 0) is 45.7 Å². The summed E-state index contributed by atoms with van der Waals surface area (Å²) in [5.74, 6) is 1.66. The number of benzene rings is 1. The van der Waals surface area contributed by atoms with E-state index in [9.17, 15) is 5.11 Å². The number of aliphatic hydroxyl groups excluding tert-OH is 1. The van der Waals surface area contributed by atoms with Gasteiger partial charge in [0.05, 0.1) is 41.7 Å². The summed E-state index contributed by atoms with van der Waals surface area (Å²) in [4.78, 5) is 19.7. The van der Waals surface area contributed by atoms with Crippen LogP contribution in [0.5, 0.6) is 0 Å². The molecule has 2 aliphatic heterocycles. The number of piperidine rings is 1. The molecule has 5 rings (SSSR count). The number of hydrogen-bond donors (Lipinski definition) is 3. The second-order valence-corrected chi connectivity index (χ2v) is 9.03. The largest absolute Gasteiger partial charge is 0.390 e. The highest BCUT2D eigenvalue weighted by Crippen LogP contribution is 2.42. The van der Waals surface area contributed by atoms with Crippen LogP contribution in [0, 0.1) is 19.3 Å². The van der Waals surface area contributed by atoms with Crippen molar-refractivity contribution in [2.24, 2.45) is 11.1 Å². The first-order chi connectivity index (χ1) is 14.9. The van der Waals surface area contributed by atoms with E-state index in [4.69, 9.17) is 20.4 Å². The van der Waals surface area contributed by atoms with E-state index in [0.717, 1.165) is 72.2 Å². The van der Waals surface area contributed by atoms with Gasteiger partial charge in [0.1, 0.15) is 11.5 Å². The molecule has 32 heavy (non-hydrogen) atoms. The van der Waals surface area contributed by atoms with Gasteiger partial charge >= 0.3 is 0 Å². The minimum atomic E-state index is -0.150. The topological polar surface area (TPSA) is 113 Å². The number of nitrogens with one attached hydrogen (secondary N) is 1. The van der Waals surface area contributed by atoms with E-state index in [2.05, 4.69) is 21.8 Å². The van der Waals surface area contributed by atoms with Gasteiger partial charge in [0.2, 0.25) is 0 Å². The second-order valence-electron chi connectivity index (χ2n) is 9.03. The van der Waals surface area contributed by atoms with Crippen LogP contribution >= 0.6 is 0 Å². The fraction of sp³-hybridized carbons (Fsp3) is 0.542. The lowest BCUT2D eigenvalue weighted by molar-refractivity contribution is 0.0973. The first kappa shape index (κ1) is 22.6. The van der Waals surface area contributed by atoms with Crippen molar-refractivity contribution < 1.29 is 9.84 Å². The molecule has 0 saturated carbocycles. The second kappa shape index (κ2) is 8.42. The van der Waals surface area contributed by atoms with Crippen molar-refractivity contribution in [2.75, 3.05) is 24.6 Å². The summed E-state index contributed by atoms with van der Waals surface area (Å²) in [5.41, 5.74) is 11.6. The van der Waals surface area contributed by atoms with Gasteiger partial charge in [0.15, 0.2) is 5.82 Å². The number of aliphatic hydroxyl groups is 1. The Morgan fingerprint density at radius 1 is 1.22 bits per heavy atom. The molecule has 0 bridgehead atoms. The first-order valence-corrected chi connectivity index (χ1v) is 11.0. The number of rotatable bonds is 3. The molecule has 1 aromatic carbocycles. The van der Waals surface area contributed by atoms with Gasteiger partial charge in [0.25, 0.3) is 0 Å². The molecule has 8 nitrogen and oxygen atoms in total. The number of aryl methyl sites for hydroxylation is 2. The van der Waals surface area contributed by atoms with Crippen molar-refractivity contribution in [1.82, 2.24) is 19.9 Å². The van der Waals surface area contributed by atoms with Gasteiger partial charge < -0.3 is 25.5 Å². The van der Waals surface area contributed by atoms with E-state index in [1.807, 2.05) is 32.0 Å². The van der Waals surface area contributed by atoms with E-state index in [0.29, 0.717) is 5.69 Å². The molecule has 4 heterocycles. The number of fused-ring (bicyclic) bond motifs is 1. The van der Waals surface area contributed by atoms with E-state index in [-0.39, 0.29) is 31.6 Å². The molecule has 2 aromatic heterocycles. The standard InChI is InChI=1S/C23H30N6O2.CH4/c1-13-20(16-4-5-17-18(10-16)27-15(3)26-17)28-19(11-30)22(25-13)29-8-6-23(7-9-29)12-31-14(2)21(23)24;/h4-5,10,14,21,30H,6-9,11-12,24H2,1-3H3,(H,26,27);1H4/t14-,21+;/m0./s1. The molecule has 1 spiro atoms. The normalized spacial score (nSPS) is 22.5. The molecular weight excluding hydrogens is 404 g/mol. The third-order valence-corrected chi connectivity index (χ3v) is 7.05. The maximum Gasteiger partial charge on any atom is 0.153 e. The maximum absolute atomic E-state index is 10.1. The average Bonchev–Trinajstić information content (AvgIpc) is 3.28. The average molecular weight is 439 g/mol. The number of nitrogens with zero attached hydrogens (tertiary/aromatic N) is 4. The Bertz CT molecular complexity index is 1120. The van der Waals surface area contributed by atoms with E-state index >= 15 is 0 Å². The number of ether oxygens (including phenoxy) is 1. The van der Waals surface area contributed by atoms with Crippen LogP contribution in [0.25, 0.3) is 22.3 Å². The Morgan fingerprint density at radius 3 is 2.62 bits per heavy atom. The van der Waals surface area contributed by atoms with Crippen molar-refractivity contribution in [3.8, 4) is 11.3 Å². The van der Waals surface area contributed by atoms with Crippen LogP contribution < -0.4 is 10.6 Å². The highest BCUT2D eigenvalue weighted by atomic mass is 16.5. The van der Waals surface area contributed by atoms with Crippen LogP contribution in [-0.4, -0.2) is 56.9 Å². The number of anilines is 1. The Morgan fingerprint density at radius 2 is 1.97 bits per heavy atom. The SMILES string of the molecule is C.Cc1nc2ccc(-c3nc(CO)c(N4CCC5(CC4)CO[C@@H](C)[C@H]5N)nc3C)cc2[nH]1. The van der Waals surface area contributed by atoms with Gasteiger partial charge in [-0.15, -0.1) is 0 Å². The van der Waals surface area contributed by atoms with Crippen LogP contribution in [0.4, 0.5) is 5.82 Å². The number of H-pyrrole nitrogens is 1. The Hall–Kier alpha value is -2.55. The zero-order valence-electron chi connectivity index (χ0n) is 18.4. The molecule has 8 heteroatoms. The summed E-state index contributed by atoms with van der Waals surface area (Å²) >= 11 is 0. The lowest BCUT2D eigenvalue weighted by Gasteiger charge is -2.42. The molecule has 0 radical (unpaired) electrons. The van der Waals surface area contributed by atoms with Gasteiger partial charge in [0, 0.05) is 30.1 Å². The van der Waals surface area contributed by atoms with E-state index in [1.165, 1.54) is 0 Å². The summed E-state index contributed by atoms with van der Waals surface area (Å²) in [5, 5.41) is 10.1. The summed E-state index contributed by atoms with van der Waals surface area (Å²) in [6.45, 7) is 8.23. The number of nitrogens with two attached hydrogens (primary N) is 1. The molecule has 4 N–H and O–H groups in total. The van der Waals surface area contributed by atoms with Crippen LogP contribution in [0.15, 0.2) is 18.2 Å². The van der Waals surface area contributed by atoms with E-state index in [1.54, 1.807) is 0 Å². The third kappa shape index (κ3) is 3.66. The van der Waals surface area contributed by atoms with Gasteiger partial charge in [-0.2, -0.15) is 0 Å². The Labute approximate surface area is 189 Å². The van der Waals surface area contributed by atoms with Crippen LogP contribution in [0.1, 0.15) is 44.4 Å². The molecule has 0 amide bonds. The van der Waals surface area contributed by atoms with Crippen molar-refractivity contribution in [2.45, 2.75) is 59.8 Å².